The minimum absolute atomic E-state index is 1.03. The standard InChI is InChI=1S/C61H46N4/c1-45-36-38-46(39-37-45)57-34-19-35-60-61(57)58-44-56(40-41-59(58)65(60)51-28-15-6-16-29-51)64(54-32-17-30-52(42-54)62(47-20-7-2-8-21-47)48-22-9-3-10-23-48)55-33-18-31-53(43-55)63(49-24-11-4-12-25-49)50-26-13-5-14-27-50/h2-44H,1H3. The zero-order valence-corrected chi connectivity index (χ0v) is 36.1. The maximum absolute atomic E-state index is 2.41. The van der Waals surface area contributed by atoms with Crippen LogP contribution in [0, 0.1) is 6.92 Å². The molecule has 0 unspecified atom stereocenters. The lowest BCUT2D eigenvalue weighted by molar-refractivity contribution is 1.18. The molecule has 0 atom stereocenters. The van der Waals surface area contributed by atoms with Gasteiger partial charge in [-0.05, 0) is 139 Å². The van der Waals surface area contributed by atoms with Crippen LogP contribution in [0.25, 0.3) is 38.6 Å². The lowest BCUT2D eigenvalue weighted by Gasteiger charge is -2.31. The van der Waals surface area contributed by atoms with Gasteiger partial charge in [-0.1, -0.05) is 145 Å². The van der Waals surface area contributed by atoms with Crippen molar-refractivity contribution in [3.8, 4) is 16.8 Å². The van der Waals surface area contributed by atoms with E-state index in [9.17, 15) is 0 Å². The van der Waals surface area contributed by atoms with Crippen molar-refractivity contribution >= 4 is 73.0 Å². The molecule has 1 aromatic heterocycles. The molecule has 0 aliphatic rings. The average Bonchev–Trinajstić information content (AvgIpc) is 3.70. The van der Waals surface area contributed by atoms with Crippen molar-refractivity contribution in [2.75, 3.05) is 14.7 Å². The molecule has 0 spiro atoms. The molecule has 310 valence electrons. The molecule has 0 aliphatic carbocycles. The number of aryl methyl sites for hydroxylation is 1. The van der Waals surface area contributed by atoms with E-state index in [2.05, 4.69) is 287 Å². The molecular formula is C61H46N4. The van der Waals surface area contributed by atoms with Crippen LogP contribution in [0.15, 0.2) is 261 Å². The predicted octanol–water partition coefficient (Wildman–Crippen LogP) is 17.2. The third-order valence-corrected chi connectivity index (χ3v) is 12.2. The summed E-state index contributed by atoms with van der Waals surface area (Å²) in [5, 5.41) is 2.40. The summed E-state index contributed by atoms with van der Waals surface area (Å²) in [7, 11) is 0. The van der Waals surface area contributed by atoms with Gasteiger partial charge in [-0.2, -0.15) is 0 Å². The number of para-hydroxylation sites is 5. The van der Waals surface area contributed by atoms with Gasteiger partial charge in [0.15, 0.2) is 0 Å². The number of aromatic nitrogens is 1. The maximum Gasteiger partial charge on any atom is 0.0547 e. The minimum atomic E-state index is 1.03. The smallest absolute Gasteiger partial charge is 0.0547 e. The minimum Gasteiger partial charge on any atom is -0.310 e. The normalized spacial score (nSPS) is 11.2. The first-order valence-corrected chi connectivity index (χ1v) is 22.2. The molecule has 4 heteroatoms. The van der Waals surface area contributed by atoms with E-state index < -0.39 is 0 Å². The molecule has 0 saturated carbocycles. The quantitative estimate of drug-likeness (QED) is 0.129. The van der Waals surface area contributed by atoms with Crippen LogP contribution in [0.5, 0.6) is 0 Å². The van der Waals surface area contributed by atoms with Crippen LogP contribution in [0.1, 0.15) is 5.56 Å². The molecule has 11 aromatic rings. The molecule has 4 nitrogen and oxygen atoms in total. The highest BCUT2D eigenvalue weighted by atomic mass is 15.2. The molecule has 11 rings (SSSR count). The molecule has 65 heavy (non-hydrogen) atoms. The van der Waals surface area contributed by atoms with Gasteiger partial charge in [0.1, 0.15) is 0 Å². The summed E-state index contributed by atoms with van der Waals surface area (Å²) in [6.07, 6.45) is 0. The summed E-state index contributed by atoms with van der Waals surface area (Å²) in [5.74, 6) is 0. The summed E-state index contributed by atoms with van der Waals surface area (Å²) >= 11 is 0. The van der Waals surface area contributed by atoms with Crippen LogP contribution in [0.4, 0.5) is 51.2 Å². The Labute approximate surface area is 380 Å². The molecule has 0 amide bonds. The van der Waals surface area contributed by atoms with E-state index in [1.54, 1.807) is 0 Å². The molecule has 0 bridgehead atoms. The number of benzene rings is 10. The highest BCUT2D eigenvalue weighted by Gasteiger charge is 2.22. The summed E-state index contributed by atoms with van der Waals surface area (Å²) in [4.78, 5) is 7.07. The van der Waals surface area contributed by atoms with E-state index in [0.717, 1.165) is 62.4 Å². The van der Waals surface area contributed by atoms with Gasteiger partial charge in [-0.25, -0.2) is 0 Å². The Kier molecular flexibility index (Phi) is 10.4. The average molecular weight is 835 g/mol. The Morgan fingerprint density at radius 2 is 0.677 bits per heavy atom. The number of hydrogen-bond acceptors (Lipinski definition) is 3. The second kappa shape index (κ2) is 17.3. The lowest BCUT2D eigenvalue weighted by Crippen LogP contribution is -2.14. The van der Waals surface area contributed by atoms with Crippen molar-refractivity contribution in [3.63, 3.8) is 0 Å². The van der Waals surface area contributed by atoms with Crippen molar-refractivity contribution in [3.05, 3.63) is 266 Å². The molecule has 0 saturated heterocycles. The van der Waals surface area contributed by atoms with Crippen molar-refractivity contribution in [1.82, 2.24) is 4.57 Å². The first-order valence-electron chi connectivity index (χ1n) is 22.2. The van der Waals surface area contributed by atoms with Crippen molar-refractivity contribution in [2.24, 2.45) is 0 Å². The van der Waals surface area contributed by atoms with Crippen LogP contribution < -0.4 is 14.7 Å². The van der Waals surface area contributed by atoms with Gasteiger partial charge >= 0.3 is 0 Å². The fourth-order valence-electron chi connectivity index (χ4n) is 9.22. The van der Waals surface area contributed by atoms with Crippen LogP contribution in [0.2, 0.25) is 0 Å². The van der Waals surface area contributed by atoms with E-state index in [1.165, 1.54) is 33.0 Å². The second-order valence-corrected chi connectivity index (χ2v) is 16.3. The van der Waals surface area contributed by atoms with Gasteiger partial charge in [0.2, 0.25) is 0 Å². The van der Waals surface area contributed by atoms with E-state index in [4.69, 9.17) is 0 Å². The van der Waals surface area contributed by atoms with E-state index in [1.807, 2.05) is 0 Å². The highest BCUT2D eigenvalue weighted by molar-refractivity contribution is 6.16. The monoisotopic (exact) mass is 834 g/mol. The molecule has 0 aliphatic heterocycles. The summed E-state index contributed by atoms with van der Waals surface area (Å²) in [6.45, 7) is 2.15. The number of rotatable bonds is 11. The lowest BCUT2D eigenvalue weighted by atomic mass is 9.98. The highest BCUT2D eigenvalue weighted by Crippen LogP contribution is 2.46. The third-order valence-electron chi connectivity index (χ3n) is 12.2. The molecule has 0 radical (unpaired) electrons. The van der Waals surface area contributed by atoms with Gasteiger partial charge in [0.05, 0.1) is 11.0 Å². The summed E-state index contributed by atoms with van der Waals surface area (Å²) < 4.78 is 2.41. The molecule has 0 fully saturated rings. The van der Waals surface area contributed by atoms with E-state index in [-0.39, 0.29) is 0 Å². The van der Waals surface area contributed by atoms with E-state index >= 15 is 0 Å². The van der Waals surface area contributed by atoms with Crippen LogP contribution in [0.3, 0.4) is 0 Å². The number of fused-ring (bicyclic) bond motifs is 3. The Hall–Kier alpha value is -8.60. The molecular weight excluding hydrogens is 789 g/mol. The van der Waals surface area contributed by atoms with Gasteiger partial charge in [-0.3, -0.25) is 0 Å². The molecule has 10 aromatic carbocycles. The molecule has 0 N–H and O–H groups in total. The fraction of sp³-hybridized carbons (Fsp3) is 0.0164. The van der Waals surface area contributed by atoms with Crippen molar-refractivity contribution in [1.29, 1.82) is 0 Å². The molecule has 1 heterocycles. The van der Waals surface area contributed by atoms with Crippen LogP contribution in [-0.2, 0) is 0 Å². The zero-order chi connectivity index (χ0) is 43.5. The van der Waals surface area contributed by atoms with Crippen molar-refractivity contribution < 1.29 is 0 Å². The number of nitrogens with zero attached hydrogens (tertiary/aromatic N) is 4. The number of anilines is 9. The second-order valence-electron chi connectivity index (χ2n) is 16.3. The Morgan fingerprint density at radius 3 is 1.14 bits per heavy atom. The van der Waals surface area contributed by atoms with E-state index in [0.29, 0.717) is 0 Å². The SMILES string of the molecule is Cc1ccc(-c2cccc3c2c2cc(N(c4cccc(N(c5ccccc5)c5ccccc5)c4)c4cccc(N(c5ccccc5)c5ccccc5)c4)ccc2n3-c2ccccc2)cc1. The Morgan fingerprint density at radius 1 is 0.292 bits per heavy atom. The van der Waals surface area contributed by atoms with Crippen LogP contribution >= 0.6 is 0 Å². The topological polar surface area (TPSA) is 14.7 Å². The Bertz CT molecular complexity index is 3160. The zero-order valence-electron chi connectivity index (χ0n) is 36.1. The first-order chi connectivity index (χ1) is 32.2. The maximum atomic E-state index is 2.41. The first kappa shape index (κ1) is 39.3. The summed E-state index contributed by atoms with van der Waals surface area (Å²) in [5.41, 5.74) is 16.7. The third kappa shape index (κ3) is 7.58. The van der Waals surface area contributed by atoms with Gasteiger partial charge in [0, 0.05) is 67.6 Å². The van der Waals surface area contributed by atoms with Crippen molar-refractivity contribution in [2.45, 2.75) is 6.92 Å². The Balaban J connectivity index is 1.16. The van der Waals surface area contributed by atoms with Gasteiger partial charge < -0.3 is 19.3 Å². The largest absolute Gasteiger partial charge is 0.310 e. The van der Waals surface area contributed by atoms with Crippen LogP contribution in [-0.4, -0.2) is 4.57 Å². The summed E-state index contributed by atoms with van der Waals surface area (Å²) in [6, 6.07) is 93.6. The fourth-order valence-corrected chi connectivity index (χ4v) is 9.22. The van der Waals surface area contributed by atoms with Gasteiger partial charge in [-0.15, -0.1) is 0 Å². The van der Waals surface area contributed by atoms with Gasteiger partial charge in [0.25, 0.3) is 0 Å². The number of hydrogen-bond donors (Lipinski definition) is 0. The predicted molar refractivity (Wildman–Crippen MR) is 275 cm³/mol.